The molecule has 2 aromatic heterocycles. The monoisotopic (exact) mass is 231 g/mol. The van der Waals surface area contributed by atoms with Gasteiger partial charge in [-0.25, -0.2) is 15.0 Å². The first-order valence-electron chi connectivity index (χ1n) is 4.66. The fourth-order valence-corrected chi connectivity index (χ4v) is 1.52. The molecule has 5 heteroatoms. The van der Waals surface area contributed by atoms with Gasteiger partial charge in [-0.3, -0.25) is 0 Å². The van der Waals surface area contributed by atoms with Gasteiger partial charge < -0.3 is 4.42 Å². The van der Waals surface area contributed by atoms with Gasteiger partial charge in [-0.2, -0.15) is 0 Å². The zero-order valence-electron chi connectivity index (χ0n) is 8.09. The highest BCUT2D eigenvalue weighted by Gasteiger charge is 2.08. The smallest absolute Gasteiger partial charge is 0.230 e. The van der Waals surface area contributed by atoms with Gasteiger partial charge in [0, 0.05) is 12.4 Å². The van der Waals surface area contributed by atoms with Crippen LogP contribution in [0.15, 0.2) is 41.1 Å². The number of para-hydroxylation sites is 2. The topological polar surface area (TPSA) is 51.8 Å². The second-order valence-corrected chi connectivity index (χ2v) is 3.57. The molecule has 0 bridgehead atoms. The quantitative estimate of drug-likeness (QED) is 0.604. The molecular weight excluding hydrogens is 226 g/mol. The van der Waals surface area contributed by atoms with Crippen LogP contribution in [0, 0.1) is 0 Å². The number of hydrogen-bond acceptors (Lipinski definition) is 4. The van der Waals surface area contributed by atoms with Crippen molar-refractivity contribution in [1.29, 1.82) is 0 Å². The Morgan fingerprint density at radius 1 is 1.06 bits per heavy atom. The molecule has 0 N–H and O–H groups in total. The second-order valence-electron chi connectivity index (χ2n) is 3.23. The van der Waals surface area contributed by atoms with Crippen LogP contribution in [0.5, 0.6) is 0 Å². The number of rotatable bonds is 1. The van der Waals surface area contributed by atoms with E-state index in [2.05, 4.69) is 15.0 Å². The van der Waals surface area contributed by atoms with Crippen molar-refractivity contribution in [3.05, 3.63) is 41.9 Å². The zero-order chi connectivity index (χ0) is 11.0. The van der Waals surface area contributed by atoms with Crippen molar-refractivity contribution >= 4 is 22.7 Å². The van der Waals surface area contributed by atoms with Crippen molar-refractivity contribution in [2.75, 3.05) is 0 Å². The van der Waals surface area contributed by atoms with E-state index in [1.165, 1.54) is 0 Å². The molecule has 1 aromatic carbocycles. The zero-order valence-corrected chi connectivity index (χ0v) is 8.85. The summed E-state index contributed by atoms with van der Waals surface area (Å²) in [4.78, 5) is 12.1. The molecule has 2 heterocycles. The first-order valence-corrected chi connectivity index (χ1v) is 5.04. The van der Waals surface area contributed by atoms with E-state index in [-0.39, 0.29) is 5.28 Å². The number of fused-ring (bicyclic) bond motifs is 1. The lowest BCUT2D eigenvalue weighted by molar-refractivity contribution is 0.619. The van der Waals surface area contributed by atoms with Crippen LogP contribution in [0.3, 0.4) is 0 Å². The van der Waals surface area contributed by atoms with Crippen molar-refractivity contribution < 1.29 is 4.42 Å². The number of hydrogen-bond donors (Lipinski definition) is 0. The molecule has 0 saturated carbocycles. The van der Waals surface area contributed by atoms with Gasteiger partial charge in [-0.1, -0.05) is 12.1 Å². The van der Waals surface area contributed by atoms with E-state index in [0.29, 0.717) is 11.5 Å². The van der Waals surface area contributed by atoms with Crippen molar-refractivity contribution in [1.82, 2.24) is 15.0 Å². The van der Waals surface area contributed by atoms with Crippen LogP contribution < -0.4 is 0 Å². The molecule has 4 nitrogen and oxygen atoms in total. The fraction of sp³-hybridized carbons (Fsp3) is 0. The number of halogens is 1. The number of oxazole rings is 1. The highest BCUT2D eigenvalue weighted by atomic mass is 35.5. The third kappa shape index (κ3) is 1.53. The van der Waals surface area contributed by atoms with E-state index in [1.807, 2.05) is 24.3 Å². The second kappa shape index (κ2) is 3.57. The Labute approximate surface area is 95.9 Å². The molecule has 0 radical (unpaired) electrons. The average molecular weight is 232 g/mol. The molecule has 0 atom stereocenters. The van der Waals surface area contributed by atoms with Crippen LogP contribution in [-0.2, 0) is 0 Å². The van der Waals surface area contributed by atoms with Crippen LogP contribution in [0.25, 0.3) is 22.6 Å². The van der Waals surface area contributed by atoms with Crippen molar-refractivity contribution in [2.45, 2.75) is 0 Å². The Morgan fingerprint density at radius 3 is 2.56 bits per heavy atom. The molecule has 3 rings (SSSR count). The van der Waals surface area contributed by atoms with Gasteiger partial charge in [0.1, 0.15) is 5.52 Å². The number of benzene rings is 1. The maximum atomic E-state index is 5.60. The molecule has 16 heavy (non-hydrogen) atoms. The molecule has 0 aliphatic carbocycles. The highest BCUT2D eigenvalue weighted by molar-refractivity contribution is 6.28. The third-order valence-corrected chi connectivity index (χ3v) is 2.36. The Balaban J connectivity index is 2.15. The van der Waals surface area contributed by atoms with Crippen molar-refractivity contribution in [3.8, 4) is 11.5 Å². The van der Waals surface area contributed by atoms with E-state index in [0.717, 1.165) is 11.1 Å². The van der Waals surface area contributed by atoms with Gasteiger partial charge in [0.15, 0.2) is 5.58 Å². The van der Waals surface area contributed by atoms with Crippen LogP contribution in [0.4, 0.5) is 0 Å². The van der Waals surface area contributed by atoms with Crippen LogP contribution in [0.2, 0.25) is 5.28 Å². The first kappa shape index (κ1) is 9.30. The molecule has 3 aromatic rings. The molecule has 0 spiro atoms. The van der Waals surface area contributed by atoms with E-state index < -0.39 is 0 Å². The van der Waals surface area contributed by atoms with Crippen LogP contribution >= 0.6 is 11.6 Å². The summed E-state index contributed by atoms with van der Waals surface area (Å²) in [7, 11) is 0. The Morgan fingerprint density at radius 2 is 1.81 bits per heavy atom. The molecule has 0 aliphatic rings. The lowest BCUT2D eigenvalue weighted by Crippen LogP contribution is -1.83. The third-order valence-electron chi connectivity index (χ3n) is 2.16. The summed E-state index contributed by atoms with van der Waals surface area (Å²) in [6.45, 7) is 0. The predicted octanol–water partition coefficient (Wildman–Crippen LogP) is 2.94. The van der Waals surface area contributed by atoms with Gasteiger partial charge in [0.05, 0.1) is 5.56 Å². The Bertz CT molecular complexity index is 600. The summed E-state index contributed by atoms with van der Waals surface area (Å²) in [5, 5.41) is 0.208. The van der Waals surface area contributed by atoms with E-state index in [4.69, 9.17) is 16.0 Å². The minimum absolute atomic E-state index is 0.208. The van der Waals surface area contributed by atoms with Crippen molar-refractivity contribution in [3.63, 3.8) is 0 Å². The summed E-state index contributed by atoms with van der Waals surface area (Å²) >= 11 is 5.60. The summed E-state index contributed by atoms with van der Waals surface area (Å²) in [6, 6.07) is 7.56. The van der Waals surface area contributed by atoms with Gasteiger partial charge in [0.25, 0.3) is 0 Å². The lowest BCUT2D eigenvalue weighted by atomic mass is 10.3. The molecule has 0 aliphatic heterocycles. The molecule has 0 unspecified atom stereocenters. The number of nitrogens with zero attached hydrogens (tertiary/aromatic N) is 3. The van der Waals surface area contributed by atoms with Crippen molar-refractivity contribution in [2.24, 2.45) is 0 Å². The van der Waals surface area contributed by atoms with Crippen LogP contribution in [0.1, 0.15) is 0 Å². The van der Waals surface area contributed by atoms with Gasteiger partial charge in [-0.15, -0.1) is 0 Å². The summed E-state index contributed by atoms with van der Waals surface area (Å²) in [5.74, 6) is 0.498. The molecule has 0 fully saturated rings. The summed E-state index contributed by atoms with van der Waals surface area (Å²) in [5.41, 5.74) is 2.26. The van der Waals surface area contributed by atoms with E-state index in [9.17, 15) is 0 Å². The maximum Gasteiger partial charge on any atom is 0.230 e. The summed E-state index contributed by atoms with van der Waals surface area (Å²) in [6.07, 6.45) is 3.17. The van der Waals surface area contributed by atoms with Gasteiger partial charge in [-0.05, 0) is 23.7 Å². The van der Waals surface area contributed by atoms with Gasteiger partial charge in [0.2, 0.25) is 11.2 Å². The minimum Gasteiger partial charge on any atom is -0.436 e. The first-order chi connectivity index (χ1) is 7.83. The lowest BCUT2D eigenvalue weighted by Gasteiger charge is -1.92. The average Bonchev–Trinajstić information content (AvgIpc) is 2.73. The Hall–Kier alpha value is -1.94. The largest absolute Gasteiger partial charge is 0.436 e. The Kier molecular flexibility index (Phi) is 2.08. The fourth-order valence-electron chi connectivity index (χ4n) is 1.42. The normalized spacial score (nSPS) is 10.8. The van der Waals surface area contributed by atoms with E-state index in [1.54, 1.807) is 12.4 Å². The highest BCUT2D eigenvalue weighted by Crippen LogP contribution is 2.22. The van der Waals surface area contributed by atoms with Crippen LogP contribution in [-0.4, -0.2) is 15.0 Å². The molecule has 0 saturated heterocycles. The predicted molar refractivity (Wildman–Crippen MR) is 60.0 cm³/mol. The SMILES string of the molecule is Clc1ncc(-c2nc3ccccc3o2)cn1. The number of aromatic nitrogens is 3. The molecule has 78 valence electrons. The maximum absolute atomic E-state index is 5.60. The van der Waals surface area contributed by atoms with Gasteiger partial charge >= 0.3 is 0 Å². The minimum atomic E-state index is 0.208. The van der Waals surface area contributed by atoms with E-state index >= 15 is 0 Å². The molecule has 0 amide bonds. The molecular formula is C11H6ClN3O. The summed E-state index contributed by atoms with van der Waals surface area (Å²) < 4.78 is 5.56. The standard InChI is InChI=1S/C11H6ClN3O/c12-11-13-5-7(6-14-11)10-15-8-3-1-2-4-9(8)16-10/h1-6H.